The van der Waals surface area contributed by atoms with Gasteiger partial charge in [-0.1, -0.05) is 52.4 Å². The number of esters is 2. The van der Waals surface area contributed by atoms with E-state index in [9.17, 15) is 9.59 Å². The Labute approximate surface area is 147 Å². The Morgan fingerprint density at radius 2 is 1.54 bits per heavy atom. The summed E-state index contributed by atoms with van der Waals surface area (Å²) in [5.41, 5.74) is 0. The molecule has 4 nitrogen and oxygen atoms in total. The molecule has 24 heavy (non-hydrogen) atoms. The molecule has 3 unspecified atom stereocenters. The highest BCUT2D eigenvalue weighted by molar-refractivity contribution is 5.82. The second-order valence-corrected chi connectivity index (χ2v) is 6.95. The minimum absolute atomic E-state index is 0.00382. The van der Waals surface area contributed by atoms with Crippen molar-refractivity contribution in [2.24, 2.45) is 11.8 Å². The quantitative estimate of drug-likeness (QED) is 0.390. The van der Waals surface area contributed by atoms with Crippen LogP contribution in [0.4, 0.5) is 0 Å². The first-order chi connectivity index (χ1) is 11.6. The van der Waals surface area contributed by atoms with E-state index in [1.165, 1.54) is 19.3 Å². The van der Waals surface area contributed by atoms with Crippen molar-refractivity contribution in [2.75, 3.05) is 6.61 Å². The summed E-state index contributed by atoms with van der Waals surface area (Å²) in [6, 6.07) is 0. The molecule has 0 bridgehead atoms. The fraction of sp³-hybridized carbons (Fsp3) is 0.900. The normalized spacial score (nSPS) is 22.0. The van der Waals surface area contributed by atoms with Gasteiger partial charge in [0.15, 0.2) is 0 Å². The van der Waals surface area contributed by atoms with E-state index in [0.29, 0.717) is 6.61 Å². The summed E-state index contributed by atoms with van der Waals surface area (Å²) in [5, 5.41) is 0. The monoisotopic (exact) mass is 340 g/mol. The van der Waals surface area contributed by atoms with E-state index in [0.717, 1.165) is 51.4 Å². The van der Waals surface area contributed by atoms with Crippen LogP contribution in [0.1, 0.15) is 91.4 Å². The number of hydrogen-bond donors (Lipinski definition) is 0. The van der Waals surface area contributed by atoms with Gasteiger partial charge in [0.2, 0.25) is 0 Å². The van der Waals surface area contributed by atoms with E-state index >= 15 is 0 Å². The van der Waals surface area contributed by atoms with Crippen molar-refractivity contribution in [3.63, 3.8) is 0 Å². The molecule has 1 fully saturated rings. The van der Waals surface area contributed by atoms with Crippen molar-refractivity contribution >= 4 is 11.9 Å². The van der Waals surface area contributed by atoms with E-state index in [-0.39, 0.29) is 29.9 Å². The Morgan fingerprint density at radius 3 is 2.12 bits per heavy atom. The van der Waals surface area contributed by atoms with Crippen LogP contribution in [-0.4, -0.2) is 24.6 Å². The molecule has 0 aromatic carbocycles. The Kier molecular flexibility index (Phi) is 10.8. The molecule has 4 heteroatoms. The minimum Gasteiger partial charge on any atom is -0.466 e. The average Bonchev–Trinajstić information content (AvgIpc) is 2.59. The Bertz CT molecular complexity index is 367. The zero-order valence-corrected chi connectivity index (χ0v) is 15.9. The molecular weight excluding hydrogens is 304 g/mol. The second-order valence-electron chi connectivity index (χ2n) is 6.95. The third kappa shape index (κ3) is 7.23. The largest absolute Gasteiger partial charge is 0.466 e. The van der Waals surface area contributed by atoms with Crippen molar-refractivity contribution in [3.8, 4) is 0 Å². The zero-order valence-electron chi connectivity index (χ0n) is 15.9. The van der Waals surface area contributed by atoms with Crippen LogP contribution in [0, 0.1) is 11.8 Å². The molecule has 0 saturated heterocycles. The van der Waals surface area contributed by atoms with Crippen LogP contribution >= 0.6 is 0 Å². The lowest BCUT2D eigenvalue weighted by Crippen LogP contribution is -2.36. The molecule has 0 radical (unpaired) electrons. The first-order valence-corrected chi connectivity index (χ1v) is 10.0. The topological polar surface area (TPSA) is 52.6 Å². The van der Waals surface area contributed by atoms with Gasteiger partial charge in [0.05, 0.1) is 18.4 Å². The maximum absolute atomic E-state index is 12.7. The van der Waals surface area contributed by atoms with E-state index in [4.69, 9.17) is 9.47 Å². The molecule has 0 aromatic heterocycles. The summed E-state index contributed by atoms with van der Waals surface area (Å²) >= 11 is 0. The zero-order chi connectivity index (χ0) is 17.8. The van der Waals surface area contributed by atoms with Crippen LogP contribution in [0.2, 0.25) is 0 Å². The van der Waals surface area contributed by atoms with Crippen LogP contribution in [-0.2, 0) is 19.1 Å². The van der Waals surface area contributed by atoms with E-state index in [1.807, 2.05) is 6.92 Å². The van der Waals surface area contributed by atoms with Crippen molar-refractivity contribution in [1.82, 2.24) is 0 Å². The number of carbonyl (C=O) groups excluding carboxylic acids is 2. The summed E-state index contributed by atoms with van der Waals surface area (Å²) in [5.74, 6) is -1.03. The molecule has 140 valence electrons. The predicted octanol–water partition coefficient (Wildman–Crippen LogP) is 5.04. The molecule has 1 aliphatic carbocycles. The Hall–Kier alpha value is -1.06. The standard InChI is InChI=1S/C20H36O4/c1-4-7-8-9-13-16(12-5-2)24-20(22)18-15-11-10-14-17(18)19(21)23-6-3/h16-18H,4-15H2,1-3H3. The first-order valence-electron chi connectivity index (χ1n) is 10.0. The third-order valence-corrected chi connectivity index (χ3v) is 4.93. The molecule has 1 aliphatic rings. The molecule has 0 heterocycles. The number of ether oxygens (including phenoxy) is 2. The first kappa shape index (κ1) is 21.0. The van der Waals surface area contributed by atoms with Gasteiger partial charge in [-0.2, -0.15) is 0 Å². The van der Waals surface area contributed by atoms with E-state index in [2.05, 4.69) is 13.8 Å². The van der Waals surface area contributed by atoms with Gasteiger partial charge in [0.25, 0.3) is 0 Å². The summed E-state index contributed by atoms with van der Waals surface area (Å²) in [7, 11) is 0. The molecule has 0 aliphatic heterocycles. The van der Waals surface area contributed by atoms with Gasteiger partial charge in [-0.15, -0.1) is 0 Å². The van der Waals surface area contributed by atoms with Gasteiger partial charge in [-0.3, -0.25) is 9.59 Å². The lowest BCUT2D eigenvalue weighted by molar-refractivity contribution is -0.166. The smallest absolute Gasteiger partial charge is 0.310 e. The SMILES string of the molecule is CCCCCCC(CCC)OC(=O)C1CCCCC1C(=O)OCC. The highest BCUT2D eigenvalue weighted by atomic mass is 16.5. The molecule has 0 N–H and O–H groups in total. The Balaban J connectivity index is 2.57. The van der Waals surface area contributed by atoms with Gasteiger partial charge in [-0.25, -0.2) is 0 Å². The summed E-state index contributed by atoms with van der Waals surface area (Å²) in [4.78, 5) is 24.8. The van der Waals surface area contributed by atoms with Gasteiger partial charge in [0.1, 0.15) is 6.10 Å². The van der Waals surface area contributed by atoms with Crippen LogP contribution in [0.5, 0.6) is 0 Å². The lowest BCUT2D eigenvalue weighted by Gasteiger charge is -2.29. The predicted molar refractivity (Wildman–Crippen MR) is 95.6 cm³/mol. The number of unbranched alkanes of at least 4 members (excludes halogenated alkanes) is 3. The van der Waals surface area contributed by atoms with Crippen LogP contribution in [0.25, 0.3) is 0 Å². The van der Waals surface area contributed by atoms with Crippen molar-refractivity contribution in [2.45, 2.75) is 97.5 Å². The Morgan fingerprint density at radius 1 is 0.875 bits per heavy atom. The summed E-state index contributed by atoms with van der Waals surface area (Å²) in [6.45, 7) is 6.49. The summed E-state index contributed by atoms with van der Waals surface area (Å²) in [6.07, 6.45) is 11.1. The van der Waals surface area contributed by atoms with Crippen molar-refractivity contribution in [3.05, 3.63) is 0 Å². The molecule has 0 aromatic rings. The highest BCUT2D eigenvalue weighted by Crippen LogP contribution is 2.32. The maximum Gasteiger partial charge on any atom is 0.310 e. The van der Waals surface area contributed by atoms with Crippen LogP contribution in [0.15, 0.2) is 0 Å². The fourth-order valence-corrected chi connectivity index (χ4v) is 3.58. The molecular formula is C20H36O4. The lowest BCUT2D eigenvalue weighted by atomic mass is 9.79. The summed E-state index contributed by atoms with van der Waals surface area (Å²) < 4.78 is 11.0. The number of rotatable bonds is 11. The van der Waals surface area contributed by atoms with Crippen LogP contribution < -0.4 is 0 Å². The van der Waals surface area contributed by atoms with Crippen LogP contribution in [0.3, 0.4) is 0 Å². The highest BCUT2D eigenvalue weighted by Gasteiger charge is 2.38. The van der Waals surface area contributed by atoms with Gasteiger partial charge < -0.3 is 9.47 Å². The fourth-order valence-electron chi connectivity index (χ4n) is 3.58. The number of hydrogen-bond acceptors (Lipinski definition) is 4. The molecule has 0 amide bonds. The van der Waals surface area contributed by atoms with Crippen molar-refractivity contribution in [1.29, 1.82) is 0 Å². The van der Waals surface area contributed by atoms with Gasteiger partial charge in [-0.05, 0) is 39.0 Å². The van der Waals surface area contributed by atoms with E-state index in [1.54, 1.807) is 0 Å². The number of carbonyl (C=O) groups is 2. The van der Waals surface area contributed by atoms with Gasteiger partial charge >= 0.3 is 11.9 Å². The molecule has 1 rings (SSSR count). The molecule has 1 saturated carbocycles. The van der Waals surface area contributed by atoms with E-state index < -0.39 is 0 Å². The molecule has 0 spiro atoms. The second kappa shape index (κ2) is 12.3. The van der Waals surface area contributed by atoms with Gasteiger partial charge in [0, 0.05) is 0 Å². The molecule has 3 atom stereocenters. The average molecular weight is 341 g/mol. The maximum atomic E-state index is 12.7. The van der Waals surface area contributed by atoms with Crippen molar-refractivity contribution < 1.29 is 19.1 Å². The minimum atomic E-state index is -0.312. The third-order valence-electron chi connectivity index (χ3n) is 4.93.